The van der Waals surface area contributed by atoms with E-state index in [1.807, 2.05) is 23.9 Å². The van der Waals surface area contributed by atoms with Crippen molar-refractivity contribution in [3.05, 3.63) is 56.3 Å². The summed E-state index contributed by atoms with van der Waals surface area (Å²) in [5.41, 5.74) is 3.04. The standard InChI is InChI=1S/C15H12ClNO2S2/c16-13-5-10-11-6-20-7-12(11)14(13)15(10)21-9-3-1-8(2-4-9)17(18)19/h1-4,6-7,10,13-15H,5H2/t10-,13+,14-,15-/m0/s1. The van der Waals surface area contributed by atoms with Crippen molar-refractivity contribution in [2.45, 2.75) is 33.8 Å². The summed E-state index contributed by atoms with van der Waals surface area (Å²) in [5.74, 6) is 0.942. The van der Waals surface area contributed by atoms with Gasteiger partial charge in [-0.25, -0.2) is 0 Å². The van der Waals surface area contributed by atoms with E-state index in [4.69, 9.17) is 11.6 Å². The maximum absolute atomic E-state index is 10.7. The van der Waals surface area contributed by atoms with Gasteiger partial charge in [-0.2, -0.15) is 11.3 Å². The predicted octanol–water partition coefficient (Wildman–Crippen LogP) is 5.01. The van der Waals surface area contributed by atoms with Gasteiger partial charge in [0.25, 0.3) is 5.69 Å². The number of non-ortho nitro benzene ring substituents is 1. The fourth-order valence-electron chi connectivity index (χ4n) is 3.50. The quantitative estimate of drug-likeness (QED) is 0.449. The van der Waals surface area contributed by atoms with Gasteiger partial charge in [0.05, 0.1) is 4.92 Å². The Hall–Kier alpha value is -1.04. The number of nitrogens with zero attached hydrogens (tertiary/aromatic N) is 1. The molecule has 0 aliphatic heterocycles. The monoisotopic (exact) mass is 337 g/mol. The SMILES string of the molecule is O=[N+]([O-])c1ccc(S[C@@H]2[C@H]3c4cscc4[C@@H]2C[C@H]3Cl)cc1. The summed E-state index contributed by atoms with van der Waals surface area (Å²) >= 11 is 10.1. The van der Waals surface area contributed by atoms with Crippen molar-refractivity contribution in [2.24, 2.45) is 0 Å². The van der Waals surface area contributed by atoms with Crippen molar-refractivity contribution in [1.29, 1.82) is 0 Å². The molecule has 0 spiro atoms. The van der Waals surface area contributed by atoms with E-state index in [2.05, 4.69) is 10.8 Å². The van der Waals surface area contributed by atoms with E-state index in [1.54, 1.807) is 23.5 Å². The molecule has 2 aliphatic rings. The Morgan fingerprint density at radius 1 is 1.24 bits per heavy atom. The van der Waals surface area contributed by atoms with Crippen LogP contribution in [0.2, 0.25) is 0 Å². The Kier molecular flexibility index (Phi) is 3.24. The number of thiophene rings is 1. The van der Waals surface area contributed by atoms with Crippen molar-refractivity contribution in [3.8, 4) is 0 Å². The van der Waals surface area contributed by atoms with E-state index in [0.29, 0.717) is 17.1 Å². The summed E-state index contributed by atoms with van der Waals surface area (Å²) in [6.07, 6.45) is 1.04. The lowest BCUT2D eigenvalue weighted by atomic mass is 9.96. The predicted molar refractivity (Wildman–Crippen MR) is 86.8 cm³/mol. The zero-order valence-corrected chi connectivity index (χ0v) is 13.3. The van der Waals surface area contributed by atoms with Crippen molar-refractivity contribution in [2.75, 3.05) is 0 Å². The van der Waals surface area contributed by atoms with Crippen LogP contribution in [0.15, 0.2) is 39.9 Å². The van der Waals surface area contributed by atoms with E-state index >= 15 is 0 Å². The van der Waals surface area contributed by atoms with Crippen LogP contribution in [0.4, 0.5) is 5.69 Å². The van der Waals surface area contributed by atoms with Gasteiger partial charge < -0.3 is 0 Å². The molecule has 6 heteroatoms. The molecule has 1 aromatic heterocycles. The van der Waals surface area contributed by atoms with E-state index in [1.165, 1.54) is 11.1 Å². The molecule has 1 fully saturated rings. The first-order chi connectivity index (χ1) is 10.1. The summed E-state index contributed by atoms with van der Waals surface area (Å²) in [5, 5.41) is 15.9. The number of rotatable bonds is 3. The molecule has 2 aliphatic carbocycles. The van der Waals surface area contributed by atoms with Crippen LogP contribution < -0.4 is 0 Å². The van der Waals surface area contributed by atoms with Crippen LogP contribution in [0.1, 0.15) is 29.4 Å². The first-order valence-electron chi connectivity index (χ1n) is 6.76. The van der Waals surface area contributed by atoms with Crippen LogP contribution in [0, 0.1) is 10.1 Å². The maximum Gasteiger partial charge on any atom is 0.269 e. The second kappa shape index (κ2) is 5.00. The first kappa shape index (κ1) is 13.6. The molecule has 4 atom stereocenters. The molecule has 3 nitrogen and oxygen atoms in total. The van der Waals surface area contributed by atoms with E-state index in [9.17, 15) is 10.1 Å². The number of fused-ring (bicyclic) bond motifs is 5. The number of halogens is 1. The molecule has 1 aromatic carbocycles. The lowest BCUT2D eigenvalue weighted by molar-refractivity contribution is -0.384. The highest BCUT2D eigenvalue weighted by atomic mass is 35.5. The number of hydrogen-bond donors (Lipinski definition) is 0. The normalized spacial score (nSPS) is 29.6. The van der Waals surface area contributed by atoms with E-state index < -0.39 is 0 Å². The molecular weight excluding hydrogens is 326 g/mol. The highest BCUT2D eigenvalue weighted by Crippen LogP contribution is 2.61. The molecule has 2 bridgehead atoms. The lowest BCUT2D eigenvalue weighted by Crippen LogP contribution is -2.11. The van der Waals surface area contributed by atoms with Gasteiger partial charge in [0.2, 0.25) is 0 Å². The molecule has 21 heavy (non-hydrogen) atoms. The number of alkyl halides is 1. The van der Waals surface area contributed by atoms with Gasteiger partial charge in [0.1, 0.15) is 0 Å². The molecule has 1 heterocycles. The maximum atomic E-state index is 10.7. The lowest BCUT2D eigenvalue weighted by Gasteiger charge is -2.17. The van der Waals surface area contributed by atoms with Crippen molar-refractivity contribution < 1.29 is 4.92 Å². The molecule has 1 saturated carbocycles. The number of hydrogen-bond acceptors (Lipinski definition) is 4. The molecule has 0 saturated heterocycles. The van der Waals surface area contributed by atoms with Crippen LogP contribution in [-0.4, -0.2) is 15.6 Å². The fourth-order valence-corrected chi connectivity index (χ4v) is 6.55. The summed E-state index contributed by atoms with van der Waals surface area (Å²) in [4.78, 5) is 11.4. The minimum absolute atomic E-state index is 0.141. The van der Waals surface area contributed by atoms with Gasteiger partial charge in [-0.1, -0.05) is 0 Å². The number of benzene rings is 1. The van der Waals surface area contributed by atoms with Gasteiger partial charge in [-0.3, -0.25) is 10.1 Å². The van der Waals surface area contributed by atoms with Crippen LogP contribution in [0.25, 0.3) is 0 Å². The van der Waals surface area contributed by atoms with Gasteiger partial charge in [0.15, 0.2) is 0 Å². The zero-order valence-electron chi connectivity index (χ0n) is 10.9. The summed E-state index contributed by atoms with van der Waals surface area (Å²) in [6.45, 7) is 0. The Labute approximate surface area is 135 Å². The third-order valence-electron chi connectivity index (χ3n) is 4.42. The van der Waals surface area contributed by atoms with Crippen molar-refractivity contribution in [1.82, 2.24) is 0 Å². The van der Waals surface area contributed by atoms with Crippen molar-refractivity contribution in [3.63, 3.8) is 0 Å². The smallest absolute Gasteiger partial charge is 0.258 e. The Morgan fingerprint density at radius 3 is 2.67 bits per heavy atom. The van der Waals surface area contributed by atoms with E-state index in [0.717, 1.165) is 11.3 Å². The van der Waals surface area contributed by atoms with Gasteiger partial charge in [-0.05, 0) is 46.4 Å². The second-order valence-electron chi connectivity index (χ2n) is 5.50. The highest BCUT2D eigenvalue weighted by molar-refractivity contribution is 8.00. The Balaban J connectivity index is 1.59. The third kappa shape index (κ3) is 2.10. The van der Waals surface area contributed by atoms with Gasteiger partial charge >= 0.3 is 0 Å². The summed E-state index contributed by atoms with van der Waals surface area (Å²) in [6, 6.07) is 6.84. The second-order valence-corrected chi connectivity index (χ2v) is 8.06. The molecule has 0 unspecified atom stereocenters. The average molecular weight is 338 g/mol. The minimum Gasteiger partial charge on any atom is -0.258 e. The molecular formula is C15H12ClNO2S2. The van der Waals surface area contributed by atoms with Gasteiger partial charge in [0, 0.05) is 33.6 Å². The minimum atomic E-state index is -0.361. The molecule has 0 amide bonds. The summed E-state index contributed by atoms with van der Waals surface area (Å²) < 4.78 is 0. The number of thioether (sulfide) groups is 1. The number of nitro groups is 1. The average Bonchev–Trinajstić information content (AvgIpc) is 3.10. The van der Waals surface area contributed by atoms with Gasteiger partial charge in [-0.15, -0.1) is 23.4 Å². The molecule has 0 radical (unpaired) electrons. The zero-order chi connectivity index (χ0) is 14.6. The Morgan fingerprint density at radius 2 is 1.95 bits per heavy atom. The highest BCUT2D eigenvalue weighted by Gasteiger charge is 2.51. The topological polar surface area (TPSA) is 43.1 Å². The third-order valence-corrected chi connectivity index (χ3v) is 7.09. The molecule has 2 aromatic rings. The Bertz CT molecular complexity index is 700. The molecule has 108 valence electrons. The van der Waals surface area contributed by atoms with Crippen LogP contribution in [0.5, 0.6) is 0 Å². The summed E-state index contributed by atoms with van der Waals surface area (Å²) in [7, 11) is 0. The largest absolute Gasteiger partial charge is 0.269 e. The van der Waals surface area contributed by atoms with Crippen LogP contribution in [-0.2, 0) is 0 Å². The number of nitro benzene ring substituents is 1. The van der Waals surface area contributed by atoms with Crippen LogP contribution in [0.3, 0.4) is 0 Å². The fraction of sp³-hybridized carbons (Fsp3) is 0.333. The van der Waals surface area contributed by atoms with Crippen molar-refractivity contribution >= 4 is 40.4 Å². The van der Waals surface area contributed by atoms with Crippen LogP contribution >= 0.6 is 34.7 Å². The molecule has 4 rings (SSSR count). The van der Waals surface area contributed by atoms with E-state index in [-0.39, 0.29) is 16.0 Å². The molecule has 0 N–H and O–H groups in total. The first-order valence-corrected chi connectivity index (χ1v) is 9.02.